The topological polar surface area (TPSA) is 59.6 Å². The summed E-state index contributed by atoms with van der Waals surface area (Å²) >= 11 is 0. The molecule has 0 atom stereocenters. The van der Waals surface area contributed by atoms with Crippen molar-refractivity contribution in [3.63, 3.8) is 0 Å². The van der Waals surface area contributed by atoms with Crippen molar-refractivity contribution in [2.75, 3.05) is 11.9 Å². The predicted octanol–water partition coefficient (Wildman–Crippen LogP) is 2.22. The van der Waals surface area contributed by atoms with Gasteiger partial charge in [0.1, 0.15) is 12.3 Å². The van der Waals surface area contributed by atoms with Gasteiger partial charge in [-0.3, -0.25) is 0 Å². The third-order valence-corrected chi connectivity index (χ3v) is 2.00. The van der Waals surface area contributed by atoms with Crippen LogP contribution in [0.4, 0.5) is 5.69 Å². The Bertz CT molecular complexity index is 452. The Morgan fingerprint density at radius 3 is 2.61 bits per heavy atom. The van der Waals surface area contributed by atoms with Crippen LogP contribution in [0.2, 0.25) is 0 Å². The van der Waals surface area contributed by atoms with Crippen LogP contribution in [0.1, 0.15) is 20.8 Å². The van der Waals surface area contributed by atoms with E-state index in [1.54, 1.807) is 6.92 Å². The van der Waals surface area contributed by atoms with E-state index in [1.165, 1.54) is 0 Å². The van der Waals surface area contributed by atoms with Crippen molar-refractivity contribution in [3.8, 4) is 17.6 Å². The molecule has 0 heterocycles. The number of ether oxygens (including phenoxy) is 1. The highest BCUT2D eigenvalue weighted by Crippen LogP contribution is 2.16. The average Bonchev–Trinajstić information content (AvgIpc) is 2.31. The average molecular weight is 245 g/mol. The molecule has 96 valence electrons. The molecule has 1 aromatic rings. The lowest BCUT2D eigenvalue weighted by atomic mass is 10.3. The number of benzene rings is 1. The fourth-order valence-corrected chi connectivity index (χ4v) is 1.28. The first-order valence-electron chi connectivity index (χ1n) is 5.85. The standard InChI is InChI=1S/C14H19N3O/c1-4-5-10-16-14(15)17-12-6-8-13(9-7-12)18-11(2)3/h6-9,11H,10H2,1-3H3,(H3,15,16,17). The summed E-state index contributed by atoms with van der Waals surface area (Å²) in [7, 11) is 0. The minimum Gasteiger partial charge on any atom is -0.491 e. The van der Waals surface area contributed by atoms with Crippen molar-refractivity contribution in [2.45, 2.75) is 26.9 Å². The molecule has 1 aromatic carbocycles. The van der Waals surface area contributed by atoms with E-state index < -0.39 is 0 Å². The van der Waals surface area contributed by atoms with Crippen molar-refractivity contribution < 1.29 is 4.74 Å². The van der Waals surface area contributed by atoms with Crippen LogP contribution in [0.5, 0.6) is 5.75 Å². The zero-order valence-electron chi connectivity index (χ0n) is 11.0. The first-order chi connectivity index (χ1) is 8.61. The fourth-order valence-electron chi connectivity index (χ4n) is 1.28. The monoisotopic (exact) mass is 245 g/mol. The lowest BCUT2D eigenvalue weighted by Crippen LogP contribution is -2.22. The van der Waals surface area contributed by atoms with E-state index >= 15 is 0 Å². The molecule has 0 aliphatic carbocycles. The minimum atomic E-state index is 0.169. The first kappa shape index (κ1) is 13.9. The SMILES string of the molecule is CC#CCN=C(N)Nc1ccc(OC(C)C)cc1. The van der Waals surface area contributed by atoms with Gasteiger partial charge in [-0.05, 0) is 45.0 Å². The van der Waals surface area contributed by atoms with E-state index in [9.17, 15) is 0 Å². The van der Waals surface area contributed by atoms with E-state index in [0.29, 0.717) is 12.5 Å². The molecule has 3 N–H and O–H groups in total. The largest absolute Gasteiger partial charge is 0.491 e. The lowest BCUT2D eigenvalue weighted by molar-refractivity contribution is 0.242. The number of hydrogen-bond acceptors (Lipinski definition) is 2. The van der Waals surface area contributed by atoms with Crippen LogP contribution in [0.25, 0.3) is 0 Å². The number of anilines is 1. The van der Waals surface area contributed by atoms with Crippen molar-refractivity contribution in [1.29, 1.82) is 0 Å². The van der Waals surface area contributed by atoms with Crippen LogP contribution in [-0.4, -0.2) is 18.6 Å². The maximum Gasteiger partial charge on any atom is 0.194 e. The van der Waals surface area contributed by atoms with Gasteiger partial charge in [0.25, 0.3) is 0 Å². The zero-order valence-corrected chi connectivity index (χ0v) is 11.0. The molecular weight excluding hydrogens is 226 g/mol. The van der Waals surface area contributed by atoms with E-state index in [1.807, 2.05) is 38.1 Å². The molecule has 0 saturated carbocycles. The van der Waals surface area contributed by atoms with Gasteiger partial charge in [-0.2, -0.15) is 0 Å². The molecule has 4 nitrogen and oxygen atoms in total. The Labute approximate surface area is 108 Å². The van der Waals surface area contributed by atoms with E-state index in [-0.39, 0.29) is 6.10 Å². The van der Waals surface area contributed by atoms with E-state index in [4.69, 9.17) is 10.5 Å². The Morgan fingerprint density at radius 2 is 2.06 bits per heavy atom. The molecule has 0 saturated heterocycles. The van der Waals surface area contributed by atoms with Crippen LogP contribution in [0.3, 0.4) is 0 Å². The van der Waals surface area contributed by atoms with Gasteiger partial charge >= 0.3 is 0 Å². The van der Waals surface area contributed by atoms with Crippen LogP contribution in [-0.2, 0) is 0 Å². The molecule has 0 bridgehead atoms. The van der Waals surface area contributed by atoms with Crippen LogP contribution in [0, 0.1) is 11.8 Å². The first-order valence-corrected chi connectivity index (χ1v) is 5.85. The maximum atomic E-state index is 5.71. The number of nitrogens with two attached hydrogens (primary N) is 1. The molecule has 0 radical (unpaired) electrons. The van der Waals surface area contributed by atoms with Crippen molar-refractivity contribution >= 4 is 11.6 Å². The van der Waals surface area contributed by atoms with Crippen LogP contribution >= 0.6 is 0 Å². The number of nitrogens with zero attached hydrogens (tertiary/aromatic N) is 1. The number of rotatable bonds is 4. The zero-order chi connectivity index (χ0) is 13.4. The second kappa shape index (κ2) is 7.23. The molecule has 18 heavy (non-hydrogen) atoms. The quantitative estimate of drug-likeness (QED) is 0.486. The predicted molar refractivity (Wildman–Crippen MR) is 75.8 cm³/mol. The smallest absolute Gasteiger partial charge is 0.194 e. The van der Waals surface area contributed by atoms with Gasteiger partial charge in [0, 0.05) is 5.69 Å². The Balaban J connectivity index is 2.57. The van der Waals surface area contributed by atoms with Crippen LogP contribution < -0.4 is 15.8 Å². The van der Waals surface area contributed by atoms with Gasteiger partial charge in [0.2, 0.25) is 0 Å². The van der Waals surface area contributed by atoms with E-state index in [0.717, 1.165) is 11.4 Å². The van der Waals surface area contributed by atoms with Gasteiger partial charge in [0.15, 0.2) is 5.96 Å². The van der Waals surface area contributed by atoms with Gasteiger partial charge < -0.3 is 15.8 Å². The summed E-state index contributed by atoms with van der Waals surface area (Å²) in [5, 5.41) is 2.99. The Kier molecular flexibility index (Phi) is 5.59. The van der Waals surface area contributed by atoms with Crippen LogP contribution in [0.15, 0.2) is 29.3 Å². The summed E-state index contributed by atoms with van der Waals surface area (Å²) < 4.78 is 5.55. The van der Waals surface area contributed by atoms with Gasteiger partial charge in [-0.15, -0.1) is 5.92 Å². The molecule has 0 amide bonds. The molecule has 0 aliphatic rings. The lowest BCUT2D eigenvalue weighted by Gasteiger charge is -2.10. The van der Waals surface area contributed by atoms with E-state index in [2.05, 4.69) is 22.2 Å². The second-order valence-corrected chi connectivity index (χ2v) is 3.94. The number of guanidine groups is 1. The summed E-state index contributed by atoms with van der Waals surface area (Å²) in [5.74, 6) is 6.77. The molecule has 0 aromatic heterocycles. The normalized spacial score (nSPS) is 10.8. The number of nitrogens with one attached hydrogen (secondary N) is 1. The molecule has 1 rings (SSSR count). The summed E-state index contributed by atoms with van der Waals surface area (Å²) in [6.45, 7) is 6.16. The molecule has 4 heteroatoms. The second-order valence-electron chi connectivity index (χ2n) is 3.94. The van der Waals surface area contributed by atoms with Crippen molar-refractivity contribution in [3.05, 3.63) is 24.3 Å². The summed E-state index contributed by atoms with van der Waals surface area (Å²) in [4.78, 5) is 4.06. The highest BCUT2D eigenvalue weighted by Gasteiger charge is 1.98. The molecular formula is C14H19N3O. The van der Waals surface area contributed by atoms with Crippen molar-refractivity contribution in [2.24, 2.45) is 10.7 Å². The Hall–Kier alpha value is -2.15. The highest BCUT2D eigenvalue weighted by molar-refractivity contribution is 5.92. The molecule has 0 unspecified atom stereocenters. The molecule has 0 aliphatic heterocycles. The number of aliphatic imine (C=N–C) groups is 1. The van der Waals surface area contributed by atoms with Crippen molar-refractivity contribution in [1.82, 2.24) is 0 Å². The Morgan fingerprint density at radius 1 is 1.39 bits per heavy atom. The highest BCUT2D eigenvalue weighted by atomic mass is 16.5. The van der Waals surface area contributed by atoms with Gasteiger partial charge in [0.05, 0.1) is 6.10 Å². The fraction of sp³-hybridized carbons (Fsp3) is 0.357. The van der Waals surface area contributed by atoms with Gasteiger partial charge in [-0.1, -0.05) is 5.92 Å². The molecule has 0 spiro atoms. The maximum absolute atomic E-state index is 5.71. The number of hydrogen-bond donors (Lipinski definition) is 2. The summed E-state index contributed by atoms with van der Waals surface area (Å²) in [5.41, 5.74) is 6.58. The summed E-state index contributed by atoms with van der Waals surface area (Å²) in [6, 6.07) is 7.57. The minimum absolute atomic E-state index is 0.169. The third-order valence-electron chi connectivity index (χ3n) is 2.00. The van der Waals surface area contributed by atoms with Gasteiger partial charge in [-0.25, -0.2) is 4.99 Å². The third kappa shape index (κ3) is 5.26. The summed E-state index contributed by atoms with van der Waals surface area (Å²) in [6.07, 6.45) is 0.169. The molecule has 0 fully saturated rings.